The zero-order valence-corrected chi connectivity index (χ0v) is 16.2. The summed E-state index contributed by atoms with van der Waals surface area (Å²) in [5, 5.41) is 31.6. The van der Waals surface area contributed by atoms with Gasteiger partial charge in [0.15, 0.2) is 17.2 Å². The molecule has 28 heavy (non-hydrogen) atoms. The lowest BCUT2D eigenvalue weighted by molar-refractivity contribution is 0.0923. The average Bonchev–Trinajstić information content (AvgIpc) is 2.66. The van der Waals surface area contributed by atoms with Gasteiger partial charge in [-0.05, 0) is 49.2 Å². The number of sulfonamides is 1. The van der Waals surface area contributed by atoms with Crippen LogP contribution in [0.3, 0.4) is 0 Å². The maximum atomic E-state index is 12.7. The normalized spacial score (nSPS) is 16.0. The molecule has 0 bridgehead atoms. The van der Waals surface area contributed by atoms with Gasteiger partial charge in [-0.3, -0.25) is 4.79 Å². The van der Waals surface area contributed by atoms with E-state index in [9.17, 15) is 28.5 Å². The maximum absolute atomic E-state index is 12.7. The summed E-state index contributed by atoms with van der Waals surface area (Å²) < 4.78 is 26.7. The van der Waals surface area contributed by atoms with Crippen LogP contribution < -0.4 is 5.32 Å². The summed E-state index contributed by atoms with van der Waals surface area (Å²) in [6, 6.07) is 7.77. The Morgan fingerprint density at radius 2 is 1.57 bits per heavy atom. The molecule has 3 rings (SSSR count). The van der Waals surface area contributed by atoms with Gasteiger partial charge in [-0.1, -0.05) is 11.6 Å². The summed E-state index contributed by atoms with van der Waals surface area (Å²) in [7, 11) is -3.63. The fourth-order valence-electron chi connectivity index (χ4n) is 3.00. The second-order valence-corrected chi connectivity index (χ2v) is 8.84. The van der Waals surface area contributed by atoms with Gasteiger partial charge in [0.25, 0.3) is 5.91 Å². The number of aromatic hydroxyl groups is 3. The first kappa shape index (κ1) is 20.2. The number of nitrogens with one attached hydrogen (secondary N) is 1. The molecule has 0 saturated carbocycles. The van der Waals surface area contributed by atoms with Crippen molar-refractivity contribution in [3.8, 4) is 17.2 Å². The number of phenolic OH excluding ortho intramolecular Hbond substituents is 3. The van der Waals surface area contributed by atoms with Gasteiger partial charge in [0, 0.05) is 29.7 Å². The minimum absolute atomic E-state index is 0.0102. The molecule has 0 aromatic heterocycles. The minimum Gasteiger partial charge on any atom is -0.504 e. The van der Waals surface area contributed by atoms with Gasteiger partial charge in [0.1, 0.15) is 0 Å². The predicted octanol–water partition coefficient (Wildman–Crippen LogP) is 2.04. The van der Waals surface area contributed by atoms with E-state index in [1.54, 1.807) is 0 Å². The number of piperidine rings is 1. The number of carbonyl (C=O) groups excluding carboxylic acids is 1. The summed E-state index contributed by atoms with van der Waals surface area (Å²) in [5.74, 6) is -2.44. The molecule has 0 spiro atoms. The first-order valence-corrected chi connectivity index (χ1v) is 10.3. The number of nitrogens with zero attached hydrogens (tertiary/aromatic N) is 1. The van der Waals surface area contributed by atoms with Crippen LogP contribution in [0.4, 0.5) is 0 Å². The van der Waals surface area contributed by atoms with Crippen LogP contribution in [0.25, 0.3) is 0 Å². The highest BCUT2D eigenvalue weighted by Gasteiger charge is 2.30. The average molecular weight is 427 g/mol. The number of amides is 1. The van der Waals surface area contributed by atoms with Crippen molar-refractivity contribution in [1.29, 1.82) is 0 Å². The standard InChI is InChI=1S/C18H19ClN2O6S/c19-12-1-3-14(4-2-12)28(26,27)21-7-5-13(6-8-21)20-18(25)11-9-15(22)17(24)16(23)10-11/h1-4,9-10,13,22-24H,5-8H2,(H,20,25). The second kappa shape index (κ2) is 7.86. The van der Waals surface area contributed by atoms with Crippen molar-refractivity contribution in [3.63, 3.8) is 0 Å². The number of hydrogen-bond donors (Lipinski definition) is 4. The quantitative estimate of drug-likeness (QED) is 0.554. The largest absolute Gasteiger partial charge is 0.504 e. The van der Waals surface area contributed by atoms with E-state index in [0.717, 1.165) is 12.1 Å². The molecule has 1 amide bonds. The third-order valence-corrected chi connectivity index (χ3v) is 6.74. The Balaban J connectivity index is 1.62. The Bertz CT molecular complexity index is 963. The summed E-state index contributed by atoms with van der Waals surface area (Å²) in [6.45, 7) is 0.476. The topological polar surface area (TPSA) is 127 Å². The highest BCUT2D eigenvalue weighted by molar-refractivity contribution is 7.89. The Hall–Kier alpha value is -2.49. The molecule has 0 atom stereocenters. The zero-order valence-electron chi connectivity index (χ0n) is 14.7. The van der Waals surface area contributed by atoms with Crippen molar-refractivity contribution in [2.24, 2.45) is 0 Å². The smallest absolute Gasteiger partial charge is 0.251 e. The lowest BCUT2D eigenvalue weighted by Gasteiger charge is -2.31. The van der Waals surface area contributed by atoms with Gasteiger partial charge in [-0.15, -0.1) is 0 Å². The van der Waals surface area contributed by atoms with Gasteiger partial charge < -0.3 is 20.6 Å². The van der Waals surface area contributed by atoms with E-state index in [1.807, 2.05) is 0 Å². The number of rotatable bonds is 4. The summed E-state index contributed by atoms with van der Waals surface area (Å²) in [5.41, 5.74) is -0.0102. The van der Waals surface area contributed by atoms with Crippen molar-refractivity contribution in [3.05, 3.63) is 47.0 Å². The van der Waals surface area contributed by atoms with E-state index in [1.165, 1.54) is 28.6 Å². The predicted molar refractivity (Wildman–Crippen MR) is 102 cm³/mol. The molecule has 2 aromatic carbocycles. The van der Waals surface area contributed by atoms with Gasteiger partial charge in [-0.2, -0.15) is 4.31 Å². The Kier molecular flexibility index (Phi) is 5.69. The van der Waals surface area contributed by atoms with Crippen molar-refractivity contribution in [1.82, 2.24) is 9.62 Å². The Morgan fingerprint density at radius 3 is 2.11 bits per heavy atom. The molecule has 1 heterocycles. The molecule has 8 nitrogen and oxygen atoms in total. The van der Waals surface area contributed by atoms with Crippen molar-refractivity contribution in [2.75, 3.05) is 13.1 Å². The molecule has 1 fully saturated rings. The first-order chi connectivity index (χ1) is 13.2. The molecule has 1 saturated heterocycles. The third kappa shape index (κ3) is 4.16. The van der Waals surface area contributed by atoms with Crippen LogP contribution in [0.5, 0.6) is 17.2 Å². The minimum atomic E-state index is -3.63. The Morgan fingerprint density at radius 1 is 1.04 bits per heavy atom. The first-order valence-electron chi connectivity index (χ1n) is 8.50. The lowest BCUT2D eigenvalue weighted by Crippen LogP contribution is -2.46. The summed E-state index contributed by atoms with van der Waals surface area (Å²) in [6.07, 6.45) is 0.823. The van der Waals surface area contributed by atoms with E-state index in [2.05, 4.69) is 5.32 Å². The molecular formula is C18H19ClN2O6S. The summed E-state index contributed by atoms with van der Waals surface area (Å²) in [4.78, 5) is 12.5. The zero-order chi connectivity index (χ0) is 20.5. The number of phenols is 3. The Labute approximate surface area is 167 Å². The lowest BCUT2D eigenvalue weighted by atomic mass is 10.1. The van der Waals surface area contributed by atoms with Crippen molar-refractivity contribution in [2.45, 2.75) is 23.8 Å². The van der Waals surface area contributed by atoms with E-state index in [0.29, 0.717) is 17.9 Å². The van der Waals surface area contributed by atoms with Gasteiger partial charge in [0.2, 0.25) is 10.0 Å². The maximum Gasteiger partial charge on any atom is 0.251 e. The van der Waals surface area contributed by atoms with Crippen LogP contribution in [0.1, 0.15) is 23.2 Å². The fraction of sp³-hybridized carbons (Fsp3) is 0.278. The van der Waals surface area contributed by atoms with Gasteiger partial charge >= 0.3 is 0 Å². The van der Waals surface area contributed by atoms with Crippen LogP contribution in [0, 0.1) is 0 Å². The fourth-order valence-corrected chi connectivity index (χ4v) is 4.60. The molecule has 2 aromatic rings. The monoisotopic (exact) mass is 426 g/mol. The SMILES string of the molecule is O=C(NC1CCN(S(=O)(=O)c2ccc(Cl)cc2)CC1)c1cc(O)c(O)c(O)c1. The highest BCUT2D eigenvalue weighted by Crippen LogP contribution is 2.35. The molecule has 1 aliphatic heterocycles. The van der Waals surface area contributed by atoms with Crippen LogP contribution in [-0.2, 0) is 10.0 Å². The van der Waals surface area contributed by atoms with Crippen LogP contribution in [0.2, 0.25) is 5.02 Å². The molecule has 0 aliphatic carbocycles. The number of carbonyl (C=O) groups is 1. The second-order valence-electron chi connectivity index (χ2n) is 6.47. The van der Waals surface area contributed by atoms with Gasteiger partial charge in [-0.25, -0.2) is 8.42 Å². The summed E-state index contributed by atoms with van der Waals surface area (Å²) >= 11 is 5.80. The number of halogens is 1. The van der Waals surface area contributed by atoms with Crippen LogP contribution in [-0.4, -0.2) is 53.1 Å². The number of benzene rings is 2. The van der Waals surface area contributed by atoms with Crippen molar-refractivity contribution < 1.29 is 28.5 Å². The molecular weight excluding hydrogens is 408 g/mol. The van der Waals surface area contributed by atoms with E-state index in [-0.39, 0.29) is 29.6 Å². The van der Waals surface area contributed by atoms with Crippen LogP contribution >= 0.6 is 11.6 Å². The van der Waals surface area contributed by atoms with E-state index >= 15 is 0 Å². The molecule has 10 heteroatoms. The van der Waals surface area contributed by atoms with Crippen molar-refractivity contribution >= 4 is 27.5 Å². The molecule has 4 N–H and O–H groups in total. The molecule has 0 radical (unpaired) electrons. The number of hydrogen-bond acceptors (Lipinski definition) is 6. The highest BCUT2D eigenvalue weighted by atomic mass is 35.5. The molecule has 1 aliphatic rings. The van der Waals surface area contributed by atoms with Gasteiger partial charge in [0.05, 0.1) is 4.90 Å². The van der Waals surface area contributed by atoms with E-state index in [4.69, 9.17) is 11.6 Å². The molecule has 0 unspecified atom stereocenters. The third-order valence-electron chi connectivity index (χ3n) is 4.57. The van der Waals surface area contributed by atoms with Crippen LogP contribution in [0.15, 0.2) is 41.3 Å². The molecule has 150 valence electrons. The van der Waals surface area contributed by atoms with E-state index < -0.39 is 33.2 Å².